The largest absolute Gasteiger partial charge is 0.324 e. The van der Waals surface area contributed by atoms with Crippen LogP contribution in [0.25, 0.3) is 10.6 Å². The number of rotatable bonds is 4. The Hall–Kier alpha value is -2.73. The molecule has 0 unspecified atom stereocenters. The monoisotopic (exact) mass is 339 g/mol. The second kappa shape index (κ2) is 6.80. The Bertz CT molecular complexity index is 930. The van der Waals surface area contributed by atoms with Crippen LogP contribution in [0.5, 0.6) is 0 Å². The summed E-state index contributed by atoms with van der Waals surface area (Å²) in [5.74, 6) is -0.253. The van der Waals surface area contributed by atoms with Crippen LogP contribution in [0.1, 0.15) is 11.1 Å². The summed E-state index contributed by atoms with van der Waals surface area (Å²) < 4.78 is 1.30. The molecule has 0 radical (unpaired) electrons. The zero-order valence-electron chi connectivity index (χ0n) is 13.4. The first-order valence-corrected chi connectivity index (χ1v) is 8.38. The highest BCUT2D eigenvalue weighted by atomic mass is 32.1. The number of carbonyl (C=O) groups excluding carboxylic acids is 1. The average Bonchev–Trinajstić information content (AvgIpc) is 3.07. The van der Waals surface area contributed by atoms with Crippen LogP contribution >= 0.6 is 11.3 Å². The molecule has 2 heterocycles. The molecule has 1 amide bonds. The fourth-order valence-electron chi connectivity index (χ4n) is 2.32. The molecular weight excluding hydrogens is 322 g/mol. The minimum atomic E-state index is -0.253. The van der Waals surface area contributed by atoms with E-state index >= 15 is 0 Å². The zero-order chi connectivity index (χ0) is 17.1. The van der Waals surface area contributed by atoms with Crippen LogP contribution in [-0.4, -0.2) is 15.5 Å². The highest BCUT2D eigenvalue weighted by Crippen LogP contribution is 2.20. The molecule has 5 nitrogen and oxygen atoms in total. The molecule has 0 atom stereocenters. The topological polar surface area (TPSA) is 64.0 Å². The molecule has 122 valence electrons. The first-order valence-electron chi connectivity index (χ1n) is 7.50. The third-order valence-electron chi connectivity index (χ3n) is 3.63. The number of aryl methyl sites for hydroxylation is 2. The molecule has 24 heavy (non-hydrogen) atoms. The van der Waals surface area contributed by atoms with Crippen molar-refractivity contribution in [2.45, 2.75) is 20.4 Å². The van der Waals surface area contributed by atoms with Gasteiger partial charge in [0.05, 0.1) is 16.9 Å². The Morgan fingerprint density at radius 2 is 2.08 bits per heavy atom. The average molecular weight is 339 g/mol. The van der Waals surface area contributed by atoms with Gasteiger partial charge in [0.25, 0.3) is 5.56 Å². The maximum absolute atomic E-state index is 12.2. The van der Waals surface area contributed by atoms with E-state index in [9.17, 15) is 9.59 Å². The molecule has 0 saturated carbocycles. The molecule has 2 aromatic heterocycles. The van der Waals surface area contributed by atoms with Gasteiger partial charge in [-0.3, -0.25) is 14.2 Å². The van der Waals surface area contributed by atoms with E-state index in [4.69, 9.17) is 0 Å². The highest BCUT2D eigenvalue weighted by Gasteiger charge is 2.09. The number of benzene rings is 1. The summed E-state index contributed by atoms with van der Waals surface area (Å²) in [5.41, 5.74) is 3.18. The molecule has 3 rings (SSSR count). The first-order chi connectivity index (χ1) is 11.5. The number of carbonyl (C=O) groups is 1. The summed E-state index contributed by atoms with van der Waals surface area (Å²) in [5, 5.41) is 4.78. The standard InChI is InChI=1S/C18H17N3O2S/c1-12-5-6-13(2)14(8-12)20-17(22)10-21-11-19-15(9-18(21)23)16-4-3-7-24-16/h3-9,11H,10H2,1-2H3,(H,20,22). The van der Waals surface area contributed by atoms with E-state index in [0.29, 0.717) is 5.69 Å². The minimum Gasteiger partial charge on any atom is -0.324 e. The van der Waals surface area contributed by atoms with Crippen molar-refractivity contribution in [2.24, 2.45) is 0 Å². The summed E-state index contributed by atoms with van der Waals surface area (Å²) in [6.45, 7) is 3.83. The number of hydrogen-bond donors (Lipinski definition) is 1. The third-order valence-corrected chi connectivity index (χ3v) is 4.53. The van der Waals surface area contributed by atoms with E-state index in [1.807, 2.05) is 49.6 Å². The fourth-order valence-corrected chi connectivity index (χ4v) is 3.01. The summed E-state index contributed by atoms with van der Waals surface area (Å²) in [4.78, 5) is 29.6. The number of aromatic nitrogens is 2. The van der Waals surface area contributed by atoms with Crippen molar-refractivity contribution < 1.29 is 4.79 Å². The lowest BCUT2D eigenvalue weighted by atomic mass is 10.1. The number of amides is 1. The summed E-state index contributed by atoms with van der Waals surface area (Å²) in [7, 11) is 0. The van der Waals surface area contributed by atoms with Crippen molar-refractivity contribution >= 4 is 22.9 Å². The van der Waals surface area contributed by atoms with Gasteiger partial charge in [-0.2, -0.15) is 0 Å². The lowest BCUT2D eigenvalue weighted by Crippen LogP contribution is -2.27. The summed E-state index contributed by atoms with van der Waals surface area (Å²) in [6, 6.07) is 11.1. The smallest absolute Gasteiger partial charge is 0.254 e. The van der Waals surface area contributed by atoms with Gasteiger partial charge in [0.1, 0.15) is 6.54 Å². The van der Waals surface area contributed by atoms with Crippen LogP contribution < -0.4 is 10.9 Å². The van der Waals surface area contributed by atoms with Crippen molar-refractivity contribution in [3.05, 3.63) is 69.6 Å². The van der Waals surface area contributed by atoms with Crippen LogP contribution in [0.15, 0.2) is 52.9 Å². The van der Waals surface area contributed by atoms with Gasteiger partial charge in [-0.1, -0.05) is 18.2 Å². The number of anilines is 1. The molecule has 1 N–H and O–H groups in total. The second-order valence-corrected chi connectivity index (χ2v) is 6.53. The number of nitrogens with one attached hydrogen (secondary N) is 1. The maximum Gasteiger partial charge on any atom is 0.254 e. The van der Waals surface area contributed by atoms with Gasteiger partial charge in [0, 0.05) is 11.8 Å². The van der Waals surface area contributed by atoms with Gasteiger partial charge in [-0.25, -0.2) is 4.98 Å². The second-order valence-electron chi connectivity index (χ2n) is 5.58. The van der Waals surface area contributed by atoms with Gasteiger partial charge in [-0.15, -0.1) is 11.3 Å². The lowest BCUT2D eigenvalue weighted by Gasteiger charge is -2.10. The van der Waals surface area contributed by atoms with Crippen LogP contribution in [-0.2, 0) is 11.3 Å². The Balaban J connectivity index is 1.75. The molecule has 3 aromatic rings. The van der Waals surface area contributed by atoms with Crippen LogP contribution in [0.3, 0.4) is 0 Å². The third kappa shape index (κ3) is 3.60. The molecule has 1 aromatic carbocycles. The van der Waals surface area contributed by atoms with E-state index in [-0.39, 0.29) is 18.0 Å². The SMILES string of the molecule is Cc1ccc(C)c(NC(=O)Cn2cnc(-c3cccs3)cc2=O)c1. The fraction of sp³-hybridized carbons (Fsp3) is 0.167. The quantitative estimate of drug-likeness (QED) is 0.794. The van der Waals surface area contributed by atoms with Crippen molar-refractivity contribution in [3.63, 3.8) is 0 Å². The summed E-state index contributed by atoms with van der Waals surface area (Å²) in [6.07, 6.45) is 1.42. The van der Waals surface area contributed by atoms with Crippen molar-refractivity contribution in [1.29, 1.82) is 0 Å². The van der Waals surface area contributed by atoms with E-state index < -0.39 is 0 Å². The molecular formula is C18H17N3O2S. The van der Waals surface area contributed by atoms with E-state index in [1.165, 1.54) is 28.3 Å². The van der Waals surface area contributed by atoms with Crippen molar-refractivity contribution in [2.75, 3.05) is 5.32 Å². The van der Waals surface area contributed by atoms with E-state index in [2.05, 4.69) is 10.3 Å². The van der Waals surface area contributed by atoms with Crippen LogP contribution in [0, 0.1) is 13.8 Å². The number of thiophene rings is 1. The highest BCUT2D eigenvalue weighted by molar-refractivity contribution is 7.13. The van der Waals surface area contributed by atoms with Crippen LogP contribution in [0.2, 0.25) is 0 Å². The Kier molecular flexibility index (Phi) is 4.57. The molecule has 0 aliphatic carbocycles. The zero-order valence-corrected chi connectivity index (χ0v) is 14.3. The Morgan fingerprint density at radius 1 is 1.25 bits per heavy atom. The molecule has 6 heteroatoms. The Labute approximate surface area is 143 Å². The van der Waals surface area contributed by atoms with E-state index in [0.717, 1.165) is 21.7 Å². The molecule has 0 aliphatic heterocycles. The van der Waals surface area contributed by atoms with E-state index in [1.54, 1.807) is 0 Å². The lowest BCUT2D eigenvalue weighted by molar-refractivity contribution is -0.116. The van der Waals surface area contributed by atoms with Gasteiger partial charge >= 0.3 is 0 Å². The summed E-state index contributed by atoms with van der Waals surface area (Å²) >= 11 is 1.52. The number of hydrogen-bond acceptors (Lipinski definition) is 4. The van der Waals surface area contributed by atoms with Crippen molar-refractivity contribution in [1.82, 2.24) is 9.55 Å². The molecule has 0 aliphatic rings. The molecule has 0 spiro atoms. The minimum absolute atomic E-state index is 0.0655. The molecule has 0 fully saturated rings. The van der Waals surface area contributed by atoms with Gasteiger partial charge in [-0.05, 0) is 42.5 Å². The Morgan fingerprint density at radius 3 is 2.79 bits per heavy atom. The normalized spacial score (nSPS) is 10.6. The first kappa shape index (κ1) is 16.1. The van der Waals surface area contributed by atoms with Gasteiger partial charge in [0.15, 0.2) is 0 Å². The maximum atomic E-state index is 12.2. The van der Waals surface area contributed by atoms with Crippen molar-refractivity contribution in [3.8, 4) is 10.6 Å². The predicted molar refractivity (Wildman–Crippen MR) is 96.4 cm³/mol. The van der Waals surface area contributed by atoms with Crippen LogP contribution in [0.4, 0.5) is 5.69 Å². The number of nitrogens with zero attached hydrogens (tertiary/aromatic N) is 2. The molecule has 0 bridgehead atoms. The molecule has 0 saturated heterocycles. The predicted octanol–water partition coefficient (Wildman–Crippen LogP) is 3.23. The van der Waals surface area contributed by atoms with Gasteiger partial charge in [0.2, 0.25) is 5.91 Å². The van der Waals surface area contributed by atoms with Gasteiger partial charge < -0.3 is 5.32 Å².